The average Bonchev–Trinajstić information content (AvgIpc) is 3.97. The fourth-order valence-electron chi connectivity index (χ4n) is 10.0. The van der Waals surface area contributed by atoms with Gasteiger partial charge in [0.05, 0.1) is 11.4 Å². The molecule has 66 heavy (non-hydrogen) atoms. The molecule has 2 heterocycles. The molecule has 3 nitrogen and oxygen atoms in total. The van der Waals surface area contributed by atoms with Crippen molar-refractivity contribution in [2.24, 2.45) is 0 Å². The van der Waals surface area contributed by atoms with Crippen LogP contribution in [0.25, 0.3) is 85.9 Å². The van der Waals surface area contributed by atoms with Crippen LogP contribution in [0.2, 0.25) is 0 Å². The minimum atomic E-state index is 0.866. The first kappa shape index (κ1) is 38.1. The number of hydrogen-bond acceptors (Lipinski definition) is 4. The quantitative estimate of drug-likeness (QED) is 0.142. The highest BCUT2D eigenvalue weighted by molar-refractivity contribution is 7.27. The Kier molecular flexibility index (Phi) is 9.03. The van der Waals surface area contributed by atoms with Crippen LogP contribution in [0.1, 0.15) is 0 Å². The van der Waals surface area contributed by atoms with Crippen molar-refractivity contribution in [3.05, 3.63) is 243 Å². The number of furan rings is 1. The fourth-order valence-corrected chi connectivity index (χ4v) is 11.3. The molecule has 0 aliphatic rings. The molecule has 4 heteroatoms. The Morgan fingerprint density at radius 3 is 1.67 bits per heavy atom. The van der Waals surface area contributed by atoms with Gasteiger partial charge in [0.1, 0.15) is 5.58 Å². The summed E-state index contributed by atoms with van der Waals surface area (Å²) < 4.78 is 9.28. The predicted molar refractivity (Wildman–Crippen MR) is 282 cm³/mol. The molecule has 13 aromatic rings. The number of benzene rings is 11. The number of para-hydroxylation sites is 5. The highest BCUT2D eigenvalue weighted by Gasteiger charge is 2.24. The SMILES string of the molecule is c1ccc(-c2ccccc2N(c2ccc3c(c2)sc2c4ccc(-c5ccc(N(c6ccccc6)c6ccccc6)cc5)cc4c4ccccc4c32)c2cccc3c2oc2ccccc23)cc1. The van der Waals surface area contributed by atoms with Crippen molar-refractivity contribution in [1.29, 1.82) is 0 Å². The maximum atomic E-state index is 6.74. The number of hydrogen-bond donors (Lipinski definition) is 0. The second-order valence-electron chi connectivity index (χ2n) is 16.8. The molecule has 11 aromatic carbocycles. The van der Waals surface area contributed by atoms with Gasteiger partial charge < -0.3 is 14.2 Å². The lowest BCUT2D eigenvalue weighted by Crippen LogP contribution is -2.11. The van der Waals surface area contributed by atoms with E-state index in [0.29, 0.717) is 0 Å². The third-order valence-electron chi connectivity index (χ3n) is 13.0. The molecule has 0 N–H and O–H groups in total. The maximum Gasteiger partial charge on any atom is 0.159 e. The summed E-state index contributed by atoms with van der Waals surface area (Å²) in [6, 6.07) is 87.3. The Morgan fingerprint density at radius 1 is 0.318 bits per heavy atom. The van der Waals surface area contributed by atoms with Gasteiger partial charge in [0, 0.05) is 64.6 Å². The first-order valence-electron chi connectivity index (χ1n) is 22.4. The zero-order valence-corrected chi connectivity index (χ0v) is 36.6. The van der Waals surface area contributed by atoms with E-state index in [0.717, 1.165) is 67.2 Å². The van der Waals surface area contributed by atoms with Gasteiger partial charge >= 0.3 is 0 Å². The van der Waals surface area contributed by atoms with E-state index in [1.165, 1.54) is 52.8 Å². The van der Waals surface area contributed by atoms with Crippen LogP contribution in [0, 0.1) is 0 Å². The molecule has 0 atom stereocenters. The average molecular weight is 861 g/mol. The van der Waals surface area contributed by atoms with Crippen molar-refractivity contribution in [1.82, 2.24) is 0 Å². The number of thiophene rings is 1. The normalized spacial score (nSPS) is 11.6. The van der Waals surface area contributed by atoms with Crippen molar-refractivity contribution < 1.29 is 4.42 Å². The summed E-state index contributed by atoms with van der Waals surface area (Å²) in [5.41, 5.74) is 13.0. The number of fused-ring (bicyclic) bond motifs is 11. The van der Waals surface area contributed by atoms with Gasteiger partial charge in [-0.25, -0.2) is 0 Å². The monoisotopic (exact) mass is 860 g/mol. The van der Waals surface area contributed by atoms with Crippen LogP contribution in [-0.4, -0.2) is 0 Å². The molecule has 13 rings (SSSR count). The van der Waals surface area contributed by atoms with E-state index in [1.807, 2.05) is 17.4 Å². The lowest BCUT2D eigenvalue weighted by Gasteiger charge is -2.28. The summed E-state index contributed by atoms with van der Waals surface area (Å²) in [5, 5.41) is 9.84. The van der Waals surface area contributed by atoms with Gasteiger partial charge in [-0.2, -0.15) is 0 Å². The second kappa shape index (κ2) is 15.7. The van der Waals surface area contributed by atoms with Gasteiger partial charge in [-0.15, -0.1) is 11.3 Å². The van der Waals surface area contributed by atoms with E-state index in [4.69, 9.17) is 4.42 Å². The highest BCUT2D eigenvalue weighted by atomic mass is 32.1. The van der Waals surface area contributed by atoms with Crippen LogP contribution in [0.15, 0.2) is 247 Å². The second-order valence-corrected chi connectivity index (χ2v) is 17.9. The van der Waals surface area contributed by atoms with Crippen molar-refractivity contribution in [3.63, 3.8) is 0 Å². The molecule has 0 aliphatic heterocycles. The van der Waals surface area contributed by atoms with Crippen molar-refractivity contribution in [3.8, 4) is 22.3 Å². The lowest BCUT2D eigenvalue weighted by molar-refractivity contribution is 0.669. The highest BCUT2D eigenvalue weighted by Crippen LogP contribution is 2.49. The van der Waals surface area contributed by atoms with E-state index < -0.39 is 0 Å². The minimum absolute atomic E-state index is 0.866. The van der Waals surface area contributed by atoms with E-state index in [2.05, 4.69) is 246 Å². The molecule has 0 radical (unpaired) electrons. The Bertz CT molecular complexity index is 3890. The third kappa shape index (κ3) is 6.26. The Balaban J connectivity index is 0.967. The molecule has 2 aromatic heterocycles. The van der Waals surface area contributed by atoms with Crippen LogP contribution in [0.3, 0.4) is 0 Å². The Labute approximate surface area is 386 Å². The van der Waals surface area contributed by atoms with Gasteiger partial charge in [0.25, 0.3) is 0 Å². The molecule has 0 amide bonds. The predicted octanol–water partition coefficient (Wildman–Crippen LogP) is 18.5. The number of nitrogens with zero attached hydrogens (tertiary/aromatic N) is 2. The van der Waals surface area contributed by atoms with Crippen LogP contribution in [-0.2, 0) is 0 Å². The summed E-state index contributed by atoms with van der Waals surface area (Å²) in [7, 11) is 0. The number of rotatable bonds is 8. The maximum absolute atomic E-state index is 6.74. The minimum Gasteiger partial charge on any atom is -0.454 e. The summed E-state index contributed by atoms with van der Waals surface area (Å²) in [6.07, 6.45) is 0. The smallest absolute Gasteiger partial charge is 0.159 e. The topological polar surface area (TPSA) is 19.6 Å². The molecular weight excluding hydrogens is 821 g/mol. The van der Waals surface area contributed by atoms with Crippen LogP contribution in [0.4, 0.5) is 34.1 Å². The van der Waals surface area contributed by atoms with Crippen molar-refractivity contribution in [2.75, 3.05) is 9.80 Å². The zero-order valence-electron chi connectivity index (χ0n) is 35.8. The molecular formula is C62H40N2OS. The molecule has 0 fully saturated rings. The summed E-state index contributed by atoms with van der Waals surface area (Å²) >= 11 is 1.88. The van der Waals surface area contributed by atoms with Crippen LogP contribution < -0.4 is 9.80 Å². The van der Waals surface area contributed by atoms with Crippen molar-refractivity contribution in [2.45, 2.75) is 0 Å². The van der Waals surface area contributed by atoms with Crippen molar-refractivity contribution >= 4 is 109 Å². The van der Waals surface area contributed by atoms with Gasteiger partial charge in [0.15, 0.2) is 5.58 Å². The molecule has 0 aliphatic carbocycles. The first-order chi connectivity index (χ1) is 32.7. The van der Waals surface area contributed by atoms with Gasteiger partial charge in [-0.3, -0.25) is 0 Å². The standard InChI is InChI=1S/C62H40N2OS/c1-4-17-42(18-5-1)48-23-12-14-28-56(48)64(57-29-16-27-52-50-25-13-15-30-58(50)65-61(52)57)47-36-38-54-59(40-47)66-62-53-37-33-43(39-55(53)49-24-10-11-26-51(49)60(54)62)41-31-34-46(35-32-41)63(44-19-6-2-7-20-44)45-21-8-3-9-22-45/h1-40H. The molecule has 0 spiro atoms. The van der Waals surface area contributed by atoms with Crippen LogP contribution in [0.5, 0.6) is 0 Å². The Morgan fingerprint density at radius 2 is 0.894 bits per heavy atom. The van der Waals surface area contributed by atoms with Gasteiger partial charge in [-0.05, 0) is 106 Å². The van der Waals surface area contributed by atoms with Gasteiger partial charge in [-0.1, -0.05) is 170 Å². The molecule has 310 valence electrons. The number of anilines is 6. The summed E-state index contributed by atoms with van der Waals surface area (Å²) in [6.45, 7) is 0. The molecule has 0 saturated heterocycles. The third-order valence-corrected chi connectivity index (χ3v) is 14.2. The largest absolute Gasteiger partial charge is 0.454 e. The Hall–Kier alpha value is -8.44. The summed E-state index contributed by atoms with van der Waals surface area (Å²) in [5.74, 6) is 0. The fraction of sp³-hybridized carbons (Fsp3) is 0. The summed E-state index contributed by atoms with van der Waals surface area (Å²) in [4.78, 5) is 4.70. The lowest BCUT2D eigenvalue weighted by atomic mass is 9.94. The van der Waals surface area contributed by atoms with E-state index in [-0.39, 0.29) is 0 Å². The van der Waals surface area contributed by atoms with E-state index in [9.17, 15) is 0 Å². The molecule has 0 saturated carbocycles. The zero-order chi connectivity index (χ0) is 43.6. The van der Waals surface area contributed by atoms with E-state index >= 15 is 0 Å². The molecule has 0 bridgehead atoms. The van der Waals surface area contributed by atoms with Crippen LogP contribution >= 0.6 is 11.3 Å². The first-order valence-corrected chi connectivity index (χ1v) is 23.2. The van der Waals surface area contributed by atoms with Gasteiger partial charge in [0.2, 0.25) is 0 Å². The van der Waals surface area contributed by atoms with E-state index in [1.54, 1.807) is 0 Å². The molecule has 0 unspecified atom stereocenters.